The molecule has 33 heavy (non-hydrogen) atoms. The van der Waals surface area contributed by atoms with Gasteiger partial charge in [-0.2, -0.15) is 9.61 Å². The van der Waals surface area contributed by atoms with Crippen LogP contribution < -0.4 is 10.2 Å². The lowest BCUT2D eigenvalue weighted by Crippen LogP contribution is -2.37. The van der Waals surface area contributed by atoms with Crippen LogP contribution >= 0.6 is 0 Å². The Morgan fingerprint density at radius 3 is 2.39 bits per heavy atom. The Kier molecular flexibility index (Phi) is 5.10. The topological polar surface area (TPSA) is 74.5 Å². The van der Waals surface area contributed by atoms with E-state index in [0.717, 1.165) is 84.4 Å². The van der Waals surface area contributed by atoms with E-state index in [4.69, 9.17) is 20.1 Å². The van der Waals surface area contributed by atoms with Crippen molar-refractivity contribution in [3.05, 3.63) is 42.1 Å². The lowest BCUT2D eigenvalue weighted by molar-refractivity contribution is 0.263. The van der Waals surface area contributed by atoms with Gasteiger partial charge in [0.05, 0.1) is 16.7 Å². The van der Waals surface area contributed by atoms with E-state index in [1.54, 1.807) is 0 Å². The molecule has 2 saturated heterocycles. The maximum Gasteiger partial charge on any atom is 0.160 e. The summed E-state index contributed by atoms with van der Waals surface area (Å²) in [5, 5.41) is 8.75. The summed E-state index contributed by atoms with van der Waals surface area (Å²) in [6, 6.07) is 12.6. The monoisotopic (exact) mass is 442 g/mol. The largest absolute Gasteiger partial charge is 0.367 e. The zero-order valence-electron chi connectivity index (χ0n) is 19.3. The fourth-order valence-electron chi connectivity index (χ4n) is 4.98. The SMILES string of the molecule is Cc1nc2ccccc2nc1-c1cc2nc(N3CCCC3)cc(NC3CCN(C)CC3)n2n1. The summed E-state index contributed by atoms with van der Waals surface area (Å²) in [5.74, 6) is 2.04. The number of nitrogens with zero attached hydrogens (tertiary/aromatic N) is 7. The van der Waals surface area contributed by atoms with Crippen molar-refractivity contribution in [3.8, 4) is 11.4 Å². The molecule has 8 heteroatoms. The van der Waals surface area contributed by atoms with Crippen LogP contribution in [-0.2, 0) is 0 Å². The van der Waals surface area contributed by atoms with Crippen LogP contribution in [0, 0.1) is 6.92 Å². The molecule has 4 aromatic rings. The smallest absolute Gasteiger partial charge is 0.160 e. The molecule has 1 N–H and O–H groups in total. The van der Waals surface area contributed by atoms with Crippen LogP contribution in [-0.4, -0.2) is 68.7 Å². The second kappa shape index (κ2) is 8.26. The number of para-hydroxylation sites is 2. The molecule has 0 atom stereocenters. The first-order valence-corrected chi connectivity index (χ1v) is 12.0. The highest BCUT2D eigenvalue weighted by atomic mass is 15.3. The number of aryl methyl sites for hydroxylation is 1. The number of nitrogens with one attached hydrogen (secondary N) is 1. The van der Waals surface area contributed by atoms with E-state index in [2.05, 4.69) is 28.2 Å². The molecule has 5 heterocycles. The molecular weight excluding hydrogens is 412 g/mol. The highest BCUT2D eigenvalue weighted by molar-refractivity contribution is 5.78. The molecule has 2 aliphatic rings. The third kappa shape index (κ3) is 3.88. The van der Waals surface area contributed by atoms with Crippen LogP contribution in [0.15, 0.2) is 36.4 Å². The molecular formula is C25H30N8. The summed E-state index contributed by atoms with van der Waals surface area (Å²) in [7, 11) is 2.19. The zero-order chi connectivity index (χ0) is 22.4. The molecule has 170 valence electrons. The summed E-state index contributed by atoms with van der Waals surface area (Å²) in [6.45, 7) is 6.35. The van der Waals surface area contributed by atoms with E-state index in [1.807, 2.05) is 41.8 Å². The van der Waals surface area contributed by atoms with E-state index in [9.17, 15) is 0 Å². The van der Waals surface area contributed by atoms with Gasteiger partial charge < -0.3 is 15.1 Å². The molecule has 0 radical (unpaired) electrons. The predicted molar refractivity (Wildman–Crippen MR) is 132 cm³/mol. The summed E-state index contributed by atoms with van der Waals surface area (Å²) in [4.78, 5) is 19.4. The van der Waals surface area contributed by atoms with Crippen LogP contribution in [0.4, 0.5) is 11.6 Å². The van der Waals surface area contributed by atoms with E-state index < -0.39 is 0 Å². The minimum absolute atomic E-state index is 0.438. The van der Waals surface area contributed by atoms with Gasteiger partial charge in [-0.15, -0.1) is 0 Å². The van der Waals surface area contributed by atoms with Crippen molar-refractivity contribution < 1.29 is 0 Å². The molecule has 0 amide bonds. The minimum Gasteiger partial charge on any atom is -0.367 e. The lowest BCUT2D eigenvalue weighted by atomic mass is 10.1. The van der Waals surface area contributed by atoms with Crippen LogP contribution in [0.3, 0.4) is 0 Å². The predicted octanol–water partition coefficient (Wildman–Crippen LogP) is 3.75. The van der Waals surface area contributed by atoms with Crippen LogP contribution in [0.1, 0.15) is 31.4 Å². The van der Waals surface area contributed by atoms with E-state index in [-0.39, 0.29) is 0 Å². The van der Waals surface area contributed by atoms with Crippen molar-refractivity contribution >= 4 is 28.3 Å². The Hall–Kier alpha value is -3.26. The molecule has 0 saturated carbocycles. The number of hydrogen-bond donors (Lipinski definition) is 1. The summed E-state index contributed by atoms with van der Waals surface area (Å²) >= 11 is 0. The number of rotatable bonds is 4. The number of hydrogen-bond acceptors (Lipinski definition) is 7. The second-order valence-corrected chi connectivity index (χ2v) is 9.36. The molecule has 0 bridgehead atoms. The lowest BCUT2D eigenvalue weighted by Gasteiger charge is -2.30. The van der Waals surface area contributed by atoms with Gasteiger partial charge in [0.15, 0.2) is 5.65 Å². The highest BCUT2D eigenvalue weighted by Crippen LogP contribution is 2.28. The van der Waals surface area contributed by atoms with Crippen LogP contribution in [0.5, 0.6) is 0 Å². The van der Waals surface area contributed by atoms with Crippen molar-refractivity contribution in [1.82, 2.24) is 29.5 Å². The van der Waals surface area contributed by atoms with Crippen molar-refractivity contribution in [2.45, 2.75) is 38.6 Å². The highest BCUT2D eigenvalue weighted by Gasteiger charge is 2.22. The molecule has 0 spiro atoms. The average molecular weight is 443 g/mol. The summed E-state index contributed by atoms with van der Waals surface area (Å²) in [5.41, 5.74) is 5.13. The number of fused-ring (bicyclic) bond motifs is 2. The Morgan fingerprint density at radius 2 is 1.64 bits per heavy atom. The average Bonchev–Trinajstić information content (AvgIpc) is 3.50. The molecule has 2 aliphatic heterocycles. The van der Waals surface area contributed by atoms with E-state index in [1.165, 1.54) is 12.8 Å². The molecule has 2 fully saturated rings. The number of benzene rings is 1. The maximum absolute atomic E-state index is 4.99. The van der Waals surface area contributed by atoms with E-state index >= 15 is 0 Å². The standard InChI is InChI=1S/C25H30N8/c1-17-25(28-20-8-4-3-7-19(20)26-17)21-15-23-29-22(32-11-5-6-12-32)16-24(33(23)30-21)27-18-9-13-31(2)14-10-18/h3-4,7-8,15-16,18,27H,5-6,9-14H2,1-2H3. The Labute approximate surface area is 193 Å². The van der Waals surface area contributed by atoms with Gasteiger partial charge in [0, 0.05) is 31.3 Å². The molecule has 0 aliphatic carbocycles. The molecule has 0 unspecified atom stereocenters. The Bertz CT molecular complexity index is 1300. The van der Waals surface area contributed by atoms with Gasteiger partial charge >= 0.3 is 0 Å². The summed E-state index contributed by atoms with van der Waals surface area (Å²) < 4.78 is 1.95. The van der Waals surface area contributed by atoms with Crippen molar-refractivity contribution in [2.75, 3.05) is 43.4 Å². The van der Waals surface area contributed by atoms with Gasteiger partial charge in [-0.3, -0.25) is 0 Å². The number of likely N-dealkylation sites (tertiary alicyclic amines) is 1. The first-order valence-electron chi connectivity index (χ1n) is 12.0. The van der Waals surface area contributed by atoms with Crippen molar-refractivity contribution in [3.63, 3.8) is 0 Å². The van der Waals surface area contributed by atoms with Crippen molar-refractivity contribution in [1.29, 1.82) is 0 Å². The normalized spacial score (nSPS) is 17.9. The third-order valence-electron chi connectivity index (χ3n) is 6.90. The first-order chi connectivity index (χ1) is 16.1. The minimum atomic E-state index is 0.438. The van der Waals surface area contributed by atoms with Gasteiger partial charge in [-0.05, 0) is 64.9 Å². The Morgan fingerprint density at radius 1 is 0.909 bits per heavy atom. The van der Waals surface area contributed by atoms with E-state index in [0.29, 0.717) is 6.04 Å². The Balaban J connectivity index is 1.44. The molecule has 8 nitrogen and oxygen atoms in total. The van der Waals surface area contributed by atoms with Gasteiger partial charge in [-0.1, -0.05) is 12.1 Å². The van der Waals surface area contributed by atoms with Crippen LogP contribution in [0.2, 0.25) is 0 Å². The fraction of sp³-hybridized carbons (Fsp3) is 0.440. The second-order valence-electron chi connectivity index (χ2n) is 9.36. The summed E-state index contributed by atoms with van der Waals surface area (Å²) in [6.07, 6.45) is 4.70. The fourth-order valence-corrected chi connectivity index (χ4v) is 4.98. The molecule has 6 rings (SSSR count). The molecule has 1 aromatic carbocycles. The number of piperidine rings is 1. The van der Waals surface area contributed by atoms with Gasteiger partial charge in [0.1, 0.15) is 23.0 Å². The van der Waals surface area contributed by atoms with Crippen molar-refractivity contribution in [2.24, 2.45) is 0 Å². The van der Waals surface area contributed by atoms with Gasteiger partial charge in [0.2, 0.25) is 0 Å². The van der Waals surface area contributed by atoms with Gasteiger partial charge in [0.25, 0.3) is 0 Å². The van der Waals surface area contributed by atoms with Crippen LogP contribution in [0.25, 0.3) is 28.1 Å². The molecule has 3 aromatic heterocycles. The van der Waals surface area contributed by atoms with Gasteiger partial charge in [-0.25, -0.2) is 15.0 Å². The number of aromatic nitrogens is 5. The zero-order valence-corrected chi connectivity index (χ0v) is 19.3. The third-order valence-corrected chi connectivity index (χ3v) is 6.90. The first kappa shape index (κ1) is 20.4. The number of anilines is 2. The maximum atomic E-state index is 4.99. The quantitative estimate of drug-likeness (QED) is 0.516.